The van der Waals surface area contributed by atoms with Gasteiger partial charge in [0.25, 0.3) is 0 Å². The normalized spacial score (nSPS) is 12.5. The molecule has 0 saturated carbocycles. The largest absolute Gasteiger partial charge is 0.392 e. The molecule has 1 atom stereocenters. The van der Waals surface area contributed by atoms with Crippen LogP contribution in [-0.4, -0.2) is 40.2 Å². The molecule has 0 aliphatic carbocycles. The van der Waals surface area contributed by atoms with Crippen molar-refractivity contribution in [3.8, 4) is 0 Å². The number of hydrogen-bond acceptors (Lipinski definition) is 5. The monoisotopic (exact) mass is 227 g/mol. The van der Waals surface area contributed by atoms with Gasteiger partial charge in [-0.1, -0.05) is 0 Å². The quantitative estimate of drug-likeness (QED) is 0.818. The Morgan fingerprint density at radius 1 is 1.47 bits per heavy atom. The second-order valence-corrected chi connectivity index (χ2v) is 4.38. The van der Waals surface area contributed by atoms with E-state index in [0.717, 1.165) is 11.3 Å². The van der Waals surface area contributed by atoms with E-state index in [9.17, 15) is 0 Å². The topological polar surface area (TPSA) is 49.2 Å². The van der Waals surface area contributed by atoms with E-state index in [1.54, 1.807) is 24.2 Å². The molecule has 0 aromatic carbocycles. The van der Waals surface area contributed by atoms with Crippen molar-refractivity contribution >= 4 is 17.7 Å². The molecule has 0 saturated heterocycles. The summed E-state index contributed by atoms with van der Waals surface area (Å²) in [4.78, 5) is 10.4. The molecule has 1 aromatic rings. The van der Waals surface area contributed by atoms with Crippen molar-refractivity contribution in [1.82, 2.24) is 9.97 Å². The van der Waals surface area contributed by atoms with Crippen LogP contribution in [-0.2, 0) is 6.61 Å². The summed E-state index contributed by atoms with van der Waals surface area (Å²) >= 11 is 1.80. The van der Waals surface area contributed by atoms with Gasteiger partial charge in [0.15, 0.2) is 0 Å². The van der Waals surface area contributed by atoms with Gasteiger partial charge in [0.2, 0.25) is 5.95 Å². The summed E-state index contributed by atoms with van der Waals surface area (Å²) in [5.41, 5.74) is 0.740. The molecule has 0 spiro atoms. The van der Waals surface area contributed by atoms with Crippen molar-refractivity contribution in [2.45, 2.75) is 19.6 Å². The highest BCUT2D eigenvalue weighted by molar-refractivity contribution is 7.98. The van der Waals surface area contributed by atoms with Crippen LogP contribution in [0.15, 0.2) is 12.4 Å². The van der Waals surface area contributed by atoms with Crippen molar-refractivity contribution in [2.75, 3.05) is 24.0 Å². The highest BCUT2D eigenvalue weighted by Gasteiger charge is 2.11. The Bertz CT molecular complexity index is 291. The van der Waals surface area contributed by atoms with E-state index in [1.807, 2.05) is 11.9 Å². The number of thioether (sulfide) groups is 1. The van der Waals surface area contributed by atoms with E-state index in [-0.39, 0.29) is 6.61 Å². The third-order valence-corrected chi connectivity index (χ3v) is 3.07. The first-order valence-electron chi connectivity index (χ1n) is 4.82. The zero-order valence-electron chi connectivity index (χ0n) is 9.34. The molecular weight excluding hydrogens is 210 g/mol. The first kappa shape index (κ1) is 12.3. The van der Waals surface area contributed by atoms with Gasteiger partial charge >= 0.3 is 0 Å². The van der Waals surface area contributed by atoms with Crippen molar-refractivity contribution in [3.05, 3.63) is 18.0 Å². The minimum Gasteiger partial charge on any atom is -0.392 e. The second kappa shape index (κ2) is 5.92. The second-order valence-electron chi connectivity index (χ2n) is 3.46. The molecule has 0 amide bonds. The molecule has 1 N–H and O–H groups in total. The summed E-state index contributed by atoms with van der Waals surface area (Å²) in [5.74, 6) is 1.75. The molecule has 1 heterocycles. The number of aliphatic hydroxyl groups is 1. The summed E-state index contributed by atoms with van der Waals surface area (Å²) < 4.78 is 0. The van der Waals surface area contributed by atoms with E-state index >= 15 is 0 Å². The van der Waals surface area contributed by atoms with Crippen LogP contribution in [0.2, 0.25) is 0 Å². The number of nitrogens with zero attached hydrogens (tertiary/aromatic N) is 3. The molecule has 5 heteroatoms. The van der Waals surface area contributed by atoms with Gasteiger partial charge < -0.3 is 10.0 Å². The van der Waals surface area contributed by atoms with Crippen LogP contribution >= 0.6 is 11.8 Å². The molecule has 4 nitrogen and oxygen atoms in total. The van der Waals surface area contributed by atoms with Gasteiger partial charge in [-0.15, -0.1) is 0 Å². The van der Waals surface area contributed by atoms with Gasteiger partial charge in [0.05, 0.1) is 6.61 Å². The number of aliphatic hydroxyl groups excluding tert-OH is 1. The smallest absolute Gasteiger partial charge is 0.225 e. The molecule has 0 bridgehead atoms. The minimum absolute atomic E-state index is 0.00956. The number of rotatable bonds is 5. The lowest BCUT2D eigenvalue weighted by atomic mass is 10.3. The van der Waals surface area contributed by atoms with E-state index in [1.165, 1.54) is 0 Å². The van der Waals surface area contributed by atoms with E-state index in [0.29, 0.717) is 12.0 Å². The summed E-state index contributed by atoms with van der Waals surface area (Å²) in [7, 11) is 1.98. The van der Waals surface area contributed by atoms with Crippen molar-refractivity contribution in [3.63, 3.8) is 0 Å². The molecule has 84 valence electrons. The Morgan fingerprint density at radius 2 is 2.07 bits per heavy atom. The summed E-state index contributed by atoms with van der Waals surface area (Å²) in [6.45, 7) is 2.13. The SMILES string of the molecule is CSCC(C)N(C)c1ncc(CO)cn1. The summed E-state index contributed by atoms with van der Waals surface area (Å²) in [6.07, 6.45) is 5.40. The molecule has 1 aromatic heterocycles. The van der Waals surface area contributed by atoms with Crippen LogP contribution in [0.3, 0.4) is 0 Å². The fourth-order valence-electron chi connectivity index (χ4n) is 1.16. The highest BCUT2D eigenvalue weighted by Crippen LogP contribution is 2.11. The first-order chi connectivity index (χ1) is 7.19. The molecule has 0 aliphatic heterocycles. The van der Waals surface area contributed by atoms with Crippen molar-refractivity contribution in [2.24, 2.45) is 0 Å². The Labute approximate surface area is 94.7 Å². The van der Waals surface area contributed by atoms with Gasteiger partial charge in [0, 0.05) is 36.8 Å². The Kier molecular flexibility index (Phi) is 4.84. The standard InChI is InChI=1S/C10H17N3OS/c1-8(7-15-3)13(2)10-11-4-9(6-14)5-12-10/h4-5,8,14H,6-7H2,1-3H3. The summed E-state index contributed by atoms with van der Waals surface area (Å²) in [5, 5.41) is 8.86. The zero-order valence-corrected chi connectivity index (χ0v) is 10.2. The van der Waals surface area contributed by atoms with Gasteiger partial charge in [-0.2, -0.15) is 11.8 Å². The van der Waals surface area contributed by atoms with Gasteiger partial charge in [-0.25, -0.2) is 9.97 Å². The van der Waals surface area contributed by atoms with Gasteiger partial charge in [-0.3, -0.25) is 0 Å². The first-order valence-corrected chi connectivity index (χ1v) is 6.22. The molecular formula is C10H17N3OS. The van der Waals surface area contributed by atoms with E-state index in [4.69, 9.17) is 5.11 Å². The van der Waals surface area contributed by atoms with Crippen LogP contribution in [0, 0.1) is 0 Å². The fourth-order valence-corrected chi connectivity index (χ4v) is 1.87. The highest BCUT2D eigenvalue weighted by atomic mass is 32.2. The predicted molar refractivity (Wildman–Crippen MR) is 64.2 cm³/mol. The molecule has 1 unspecified atom stereocenters. The van der Waals surface area contributed by atoms with E-state index in [2.05, 4.69) is 23.1 Å². The van der Waals surface area contributed by atoms with Crippen LogP contribution in [0.4, 0.5) is 5.95 Å². The lowest BCUT2D eigenvalue weighted by Crippen LogP contribution is -2.32. The molecule has 0 radical (unpaired) electrons. The lowest BCUT2D eigenvalue weighted by Gasteiger charge is -2.24. The third kappa shape index (κ3) is 3.35. The van der Waals surface area contributed by atoms with Gasteiger partial charge in [0.1, 0.15) is 0 Å². The molecule has 0 fully saturated rings. The van der Waals surface area contributed by atoms with E-state index < -0.39 is 0 Å². The van der Waals surface area contributed by atoms with Crippen LogP contribution in [0.5, 0.6) is 0 Å². The van der Waals surface area contributed by atoms with Gasteiger partial charge in [-0.05, 0) is 13.2 Å². The Hall–Kier alpha value is -0.810. The maximum Gasteiger partial charge on any atom is 0.225 e. The Balaban J connectivity index is 2.69. The van der Waals surface area contributed by atoms with Crippen molar-refractivity contribution < 1.29 is 5.11 Å². The maximum atomic E-state index is 8.86. The molecule has 0 aliphatic rings. The number of hydrogen-bond donors (Lipinski definition) is 1. The average Bonchev–Trinajstić information content (AvgIpc) is 2.28. The molecule has 15 heavy (non-hydrogen) atoms. The van der Waals surface area contributed by atoms with Crippen LogP contribution in [0.1, 0.15) is 12.5 Å². The average molecular weight is 227 g/mol. The van der Waals surface area contributed by atoms with Crippen molar-refractivity contribution in [1.29, 1.82) is 0 Å². The fraction of sp³-hybridized carbons (Fsp3) is 0.600. The van der Waals surface area contributed by atoms with Crippen LogP contribution in [0.25, 0.3) is 0 Å². The third-order valence-electron chi connectivity index (χ3n) is 2.26. The lowest BCUT2D eigenvalue weighted by molar-refractivity contribution is 0.281. The zero-order chi connectivity index (χ0) is 11.3. The minimum atomic E-state index is -0.00956. The molecule has 1 rings (SSSR count). The number of anilines is 1. The van der Waals surface area contributed by atoms with Crippen LogP contribution < -0.4 is 4.90 Å². The number of aromatic nitrogens is 2. The Morgan fingerprint density at radius 3 is 2.53 bits per heavy atom. The summed E-state index contributed by atoms with van der Waals surface area (Å²) in [6, 6.07) is 0.403. The maximum absolute atomic E-state index is 8.86. The predicted octanol–water partition coefficient (Wildman–Crippen LogP) is 1.16.